The Morgan fingerprint density at radius 2 is 1.95 bits per heavy atom. The lowest BCUT2D eigenvalue weighted by molar-refractivity contribution is 0.657. The molecule has 1 aromatic heterocycles. The molecule has 0 spiro atoms. The second-order valence-electron chi connectivity index (χ2n) is 5.11. The second-order valence-corrected chi connectivity index (χ2v) is 5.52. The van der Waals surface area contributed by atoms with Gasteiger partial charge in [-0.05, 0) is 51.0 Å². The van der Waals surface area contributed by atoms with Gasteiger partial charge in [0.1, 0.15) is 0 Å². The summed E-state index contributed by atoms with van der Waals surface area (Å²) in [4.78, 5) is 0. The fraction of sp³-hybridized carbons (Fsp3) is 0.375. The number of nitrogens with one attached hydrogen (secondary N) is 2. The molecule has 0 amide bonds. The van der Waals surface area contributed by atoms with Crippen molar-refractivity contribution in [2.45, 2.75) is 34.2 Å². The van der Waals surface area contributed by atoms with E-state index in [2.05, 4.69) is 53.8 Å². The highest BCUT2D eigenvalue weighted by Gasteiger charge is 2.13. The number of hydrogen-bond acceptors (Lipinski definition) is 2. The number of aromatic nitrogens is 2. The summed E-state index contributed by atoms with van der Waals surface area (Å²) in [6.07, 6.45) is 0. The number of anilines is 1. The maximum atomic E-state index is 5.25. The highest BCUT2D eigenvalue weighted by Crippen LogP contribution is 2.21. The minimum Gasteiger partial charge on any atom is -0.363 e. The van der Waals surface area contributed by atoms with E-state index in [0.29, 0.717) is 5.11 Å². The van der Waals surface area contributed by atoms with Crippen LogP contribution in [0.2, 0.25) is 0 Å². The third kappa shape index (κ3) is 3.61. The van der Waals surface area contributed by atoms with Crippen LogP contribution in [-0.2, 0) is 6.54 Å². The van der Waals surface area contributed by atoms with Crippen LogP contribution in [0.15, 0.2) is 24.3 Å². The van der Waals surface area contributed by atoms with E-state index in [1.807, 2.05) is 18.5 Å². The van der Waals surface area contributed by atoms with E-state index < -0.39 is 0 Å². The van der Waals surface area contributed by atoms with Crippen molar-refractivity contribution in [3.8, 4) is 0 Å². The molecule has 0 aliphatic heterocycles. The zero-order chi connectivity index (χ0) is 15.4. The number of rotatable bonds is 4. The molecule has 0 bridgehead atoms. The number of benzene rings is 1. The molecule has 2 N–H and O–H groups in total. The topological polar surface area (TPSA) is 41.9 Å². The van der Waals surface area contributed by atoms with E-state index in [-0.39, 0.29) is 0 Å². The van der Waals surface area contributed by atoms with E-state index in [9.17, 15) is 0 Å². The first-order valence-corrected chi connectivity index (χ1v) is 7.57. The summed E-state index contributed by atoms with van der Waals surface area (Å²) >= 11 is 5.25. The van der Waals surface area contributed by atoms with Gasteiger partial charge in [-0.2, -0.15) is 5.10 Å². The zero-order valence-corrected chi connectivity index (χ0v) is 13.8. The minimum absolute atomic E-state index is 0.638. The van der Waals surface area contributed by atoms with Crippen molar-refractivity contribution in [3.05, 3.63) is 46.8 Å². The Bertz CT molecular complexity index is 646. The Balaban J connectivity index is 2.23. The van der Waals surface area contributed by atoms with Crippen molar-refractivity contribution in [3.63, 3.8) is 0 Å². The van der Waals surface area contributed by atoms with Crippen LogP contribution in [0.1, 0.15) is 29.4 Å². The summed E-state index contributed by atoms with van der Waals surface area (Å²) in [5.74, 6) is 0. The van der Waals surface area contributed by atoms with Crippen LogP contribution < -0.4 is 10.6 Å². The van der Waals surface area contributed by atoms with Crippen LogP contribution in [0.25, 0.3) is 0 Å². The summed E-state index contributed by atoms with van der Waals surface area (Å²) in [5, 5.41) is 11.6. The highest BCUT2D eigenvalue weighted by atomic mass is 32.1. The SMILES string of the molecule is CCNC(=S)Nc1c(C)nn(Cc2ccccc2C)c1C. The highest BCUT2D eigenvalue weighted by molar-refractivity contribution is 7.80. The van der Waals surface area contributed by atoms with E-state index in [4.69, 9.17) is 12.2 Å². The average molecular weight is 302 g/mol. The van der Waals surface area contributed by atoms with E-state index in [1.54, 1.807) is 0 Å². The molecule has 1 aromatic carbocycles. The number of nitrogens with zero attached hydrogens (tertiary/aromatic N) is 2. The van der Waals surface area contributed by atoms with Crippen molar-refractivity contribution in [1.82, 2.24) is 15.1 Å². The van der Waals surface area contributed by atoms with Crippen molar-refractivity contribution in [2.24, 2.45) is 0 Å². The fourth-order valence-electron chi connectivity index (χ4n) is 2.30. The first-order chi connectivity index (χ1) is 10.0. The molecule has 0 aliphatic rings. The quantitative estimate of drug-likeness (QED) is 0.851. The summed E-state index contributed by atoms with van der Waals surface area (Å²) in [5.41, 5.74) is 5.61. The van der Waals surface area contributed by atoms with Crippen LogP contribution in [0.3, 0.4) is 0 Å². The Hall–Kier alpha value is -1.88. The predicted octanol–water partition coefficient (Wildman–Crippen LogP) is 3.16. The van der Waals surface area contributed by atoms with Gasteiger partial charge in [0.25, 0.3) is 0 Å². The number of thiocarbonyl (C=S) groups is 1. The van der Waals surface area contributed by atoms with Gasteiger partial charge in [0.05, 0.1) is 23.6 Å². The third-order valence-electron chi connectivity index (χ3n) is 3.54. The summed E-state index contributed by atoms with van der Waals surface area (Å²) in [7, 11) is 0. The van der Waals surface area contributed by atoms with Crippen LogP contribution in [0, 0.1) is 20.8 Å². The lowest BCUT2D eigenvalue weighted by atomic mass is 10.1. The van der Waals surface area contributed by atoms with Gasteiger partial charge in [0, 0.05) is 6.54 Å². The Kier molecular flexibility index (Phi) is 4.96. The van der Waals surface area contributed by atoms with Crippen molar-refractivity contribution in [2.75, 3.05) is 11.9 Å². The summed E-state index contributed by atoms with van der Waals surface area (Å²) < 4.78 is 2.02. The van der Waals surface area contributed by atoms with Crippen LogP contribution in [0.5, 0.6) is 0 Å². The molecular formula is C16H22N4S. The van der Waals surface area contributed by atoms with Gasteiger partial charge in [0.2, 0.25) is 0 Å². The monoisotopic (exact) mass is 302 g/mol. The maximum absolute atomic E-state index is 5.25. The largest absolute Gasteiger partial charge is 0.363 e. The maximum Gasteiger partial charge on any atom is 0.170 e. The summed E-state index contributed by atoms with van der Waals surface area (Å²) in [6, 6.07) is 8.39. The standard InChI is InChI=1S/C16H22N4S/c1-5-17-16(21)18-15-12(3)19-20(13(15)4)10-14-9-7-6-8-11(14)2/h6-9H,5,10H2,1-4H3,(H2,17,18,21). The van der Waals surface area contributed by atoms with Crippen molar-refractivity contribution < 1.29 is 0 Å². The Morgan fingerprint density at radius 1 is 1.24 bits per heavy atom. The van der Waals surface area contributed by atoms with Gasteiger partial charge in [-0.25, -0.2) is 0 Å². The average Bonchev–Trinajstić information content (AvgIpc) is 2.69. The predicted molar refractivity (Wildman–Crippen MR) is 91.9 cm³/mol. The molecule has 0 atom stereocenters. The Morgan fingerprint density at radius 3 is 2.62 bits per heavy atom. The molecule has 0 saturated carbocycles. The minimum atomic E-state index is 0.638. The molecule has 112 valence electrons. The van der Waals surface area contributed by atoms with Gasteiger partial charge >= 0.3 is 0 Å². The fourth-order valence-corrected chi connectivity index (χ4v) is 2.55. The normalized spacial score (nSPS) is 10.5. The molecule has 0 saturated heterocycles. The molecule has 4 nitrogen and oxygen atoms in total. The first-order valence-electron chi connectivity index (χ1n) is 7.16. The number of aryl methyl sites for hydroxylation is 2. The van der Waals surface area contributed by atoms with Gasteiger partial charge in [0.15, 0.2) is 5.11 Å². The van der Waals surface area contributed by atoms with E-state index in [1.165, 1.54) is 11.1 Å². The lowest BCUT2D eigenvalue weighted by Gasteiger charge is -2.10. The third-order valence-corrected chi connectivity index (χ3v) is 3.79. The molecule has 0 radical (unpaired) electrons. The lowest BCUT2D eigenvalue weighted by Crippen LogP contribution is -2.28. The van der Waals surface area contributed by atoms with Crippen molar-refractivity contribution in [1.29, 1.82) is 0 Å². The van der Waals surface area contributed by atoms with Gasteiger partial charge in [-0.3, -0.25) is 4.68 Å². The Labute approximate surface area is 131 Å². The molecule has 1 heterocycles. The zero-order valence-electron chi connectivity index (χ0n) is 13.0. The number of hydrogen-bond donors (Lipinski definition) is 2. The first kappa shape index (κ1) is 15.5. The van der Waals surface area contributed by atoms with Gasteiger partial charge in [-0.15, -0.1) is 0 Å². The van der Waals surface area contributed by atoms with Crippen LogP contribution in [-0.4, -0.2) is 21.4 Å². The molecule has 0 fully saturated rings. The van der Waals surface area contributed by atoms with E-state index >= 15 is 0 Å². The molecule has 5 heteroatoms. The van der Waals surface area contributed by atoms with E-state index in [0.717, 1.165) is 30.2 Å². The van der Waals surface area contributed by atoms with Crippen molar-refractivity contribution >= 4 is 23.0 Å². The van der Waals surface area contributed by atoms with Gasteiger partial charge in [-0.1, -0.05) is 24.3 Å². The molecule has 2 rings (SSSR count). The molecule has 0 unspecified atom stereocenters. The second kappa shape index (κ2) is 6.72. The molecule has 2 aromatic rings. The van der Waals surface area contributed by atoms with Gasteiger partial charge < -0.3 is 10.6 Å². The molecular weight excluding hydrogens is 280 g/mol. The van der Waals surface area contributed by atoms with Crippen LogP contribution >= 0.6 is 12.2 Å². The van der Waals surface area contributed by atoms with Crippen LogP contribution in [0.4, 0.5) is 5.69 Å². The summed E-state index contributed by atoms with van der Waals surface area (Å²) in [6.45, 7) is 9.79. The smallest absolute Gasteiger partial charge is 0.170 e. The molecule has 0 aliphatic carbocycles. The molecule has 21 heavy (non-hydrogen) atoms.